The van der Waals surface area contributed by atoms with E-state index in [2.05, 4.69) is 26.6 Å². The van der Waals surface area contributed by atoms with Gasteiger partial charge in [-0.25, -0.2) is 14.0 Å². The topological polar surface area (TPSA) is 70.7 Å². The Balaban J connectivity index is 1.85. The van der Waals surface area contributed by atoms with Gasteiger partial charge in [0.25, 0.3) is 0 Å². The number of carbonyl (C=O) groups excluding carboxylic acids is 2. The minimum atomic E-state index is -0.539. The molecule has 0 spiro atoms. The van der Waals surface area contributed by atoms with Gasteiger partial charge in [-0.3, -0.25) is 0 Å². The molecule has 1 aromatic carbocycles. The summed E-state index contributed by atoms with van der Waals surface area (Å²) in [6, 6.07) is 2.93. The normalized spacial score (nSPS) is 15.5. The highest BCUT2D eigenvalue weighted by Crippen LogP contribution is 2.25. The summed E-state index contributed by atoms with van der Waals surface area (Å²) in [5.41, 5.74) is 0.293. The first-order chi connectivity index (χ1) is 12.1. The summed E-state index contributed by atoms with van der Waals surface area (Å²) in [5.74, 6) is -0.386. The first-order valence-electron chi connectivity index (χ1n) is 8.57. The van der Waals surface area contributed by atoms with Gasteiger partial charge in [0.1, 0.15) is 11.4 Å². The summed E-state index contributed by atoms with van der Waals surface area (Å²) >= 11 is 3.12. The Morgan fingerprint density at radius 2 is 1.88 bits per heavy atom. The van der Waals surface area contributed by atoms with E-state index in [1.54, 1.807) is 24.0 Å². The molecule has 0 aliphatic carbocycles. The monoisotopic (exact) mass is 429 g/mol. The molecule has 1 aliphatic rings. The average Bonchev–Trinajstić information content (AvgIpc) is 2.54. The van der Waals surface area contributed by atoms with Crippen LogP contribution in [0.2, 0.25) is 0 Å². The number of piperidine rings is 1. The van der Waals surface area contributed by atoms with Crippen molar-refractivity contribution in [3.63, 3.8) is 0 Å². The lowest BCUT2D eigenvalue weighted by Gasteiger charge is -2.33. The minimum Gasteiger partial charge on any atom is -0.444 e. The van der Waals surface area contributed by atoms with Crippen molar-refractivity contribution in [3.8, 4) is 0 Å². The van der Waals surface area contributed by atoms with E-state index >= 15 is 0 Å². The van der Waals surface area contributed by atoms with Gasteiger partial charge in [0.05, 0.1) is 4.47 Å². The van der Waals surface area contributed by atoms with E-state index in [4.69, 9.17) is 4.74 Å². The summed E-state index contributed by atoms with van der Waals surface area (Å²) in [4.78, 5) is 25.9. The standard InChI is InChI=1S/C18H25BrFN3O3/c1-11-14(6-5-13(19)15(11)20)22-16(24)23-9-7-12(8-10-23)21-17(25)26-18(2,3)4/h5-6,12H,7-10H2,1-4H3,(H,21,25)(H,22,24). The molecule has 0 aromatic heterocycles. The second kappa shape index (κ2) is 8.24. The van der Waals surface area contributed by atoms with Crippen LogP contribution < -0.4 is 10.6 Å². The molecule has 0 radical (unpaired) electrons. The number of likely N-dealkylation sites (tertiary alicyclic amines) is 1. The lowest BCUT2D eigenvalue weighted by Crippen LogP contribution is -2.48. The quantitative estimate of drug-likeness (QED) is 0.730. The van der Waals surface area contributed by atoms with Crippen molar-refractivity contribution in [1.82, 2.24) is 10.2 Å². The third kappa shape index (κ3) is 5.59. The predicted molar refractivity (Wildman–Crippen MR) is 102 cm³/mol. The third-order valence-electron chi connectivity index (χ3n) is 4.08. The van der Waals surface area contributed by atoms with Crippen molar-refractivity contribution in [2.45, 2.75) is 52.2 Å². The number of hydrogen-bond donors (Lipinski definition) is 2. The number of ether oxygens (including phenoxy) is 1. The van der Waals surface area contributed by atoms with Crippen molar-refractivity contribution in [2.24, 2.45) is 0 Å². The van der Waals surface area contributed by atoms with E-state index in [-0.39, 0.29) is 17.9 Å². The van der Waals surface area contributed by atoms with Crippen LogP contribution in [0.4, 0.5) is 19.7 Å². The van der Waals surface area contributed by atoms with Gasteiger partial charge in [0.15, 0.2) is 0 Å². The molecule has 1 fully saturated rings. The highest BCUT2D eigenvalue weighted by molar-refractivity contribution is 9.10. The van der Waals surface area contributed by atoms with E-state index in [1.165, 1.54) is 0 Å². The number of alkyl carbamates (subject to hydrolysis) is 1. The fourth-order valence-electron chi connectivity index (χ4n) is 2.68. The first kappa shape index (κ1) is 20.5. The second-order valence-corrected chi connectivity index (χ2v) is 8.23. The SMILES string of the molecule is Cc1c(NC(=O)N2CCC(NC(=O)OC(C)(C)C)CC2)ccc(Br)c1F. The van der Waals surface area contributed by atoms with Gasteiger partial charge < -0.3 is 20.3 Å². The minimum absolute atomic E-state index is 0.0271. The predicted octanol–water partition coefficient (Wildman–Crippen LogP) is 4.42. The summed E-state index contributed by atoms with van der Waals surface area (Å²) < 4.78 is 19.5. The van der Waals surface area contributed by atoms with E-state index in [0.717, 1.165) is 0 Å². The van der Waals surface area contributed by atoms with Crippen LogP contribution in [0.25, 0.3) is 0 Å². The Kier molecular flexibility index (Phi) is 6.49. The molecule has 3 amide bonds. The van der Waals surface area contributed by atoms with Crippen LogP contribution in [0.15, 0.2) is 16.6 Å². The van der Waals surface area contributed by atoms with E-state index in [9.17, 15) is 14.0 Å². The number of nitrogens with one attached hydrogen (secondary N) is 2. The summed E-state index contributed by atoms with van der Waals surface area (Å²) in [7, 11) is 0. The first-order valence-corrected chi connectivity index (χ1v) is 9.36. The molecule has 1 saturated heterocycles. The van der Waals surface area contributed by atoms with Gasteiger partial charge in [-0.05, 0) is 68.6 Å². The third-order valence-corrected chi connectivity index (χ3v) is 4.70. The van der Waals surface area contributed by atoms with Gasteiger partial charge in [-0.1, -0.05) is 0 Å². The maximum absolute atomic E-state index is 13.9. The van der Waals surface area contributed by atoms with Crippen LogP contribution in [-0.2, 0) is 4.74 Å². The molecule has 0 unspecified atom stereocenters. The number of carbonyl (C=O) groups is 2. The molecule has 26 heavy (non-hydrogen) atoms. The Labute approximate surface area is 161 Å². The van der Waals surface area contributed by atoms with Crippen molar-refractivity contribution >= 4 is 33.7 Å². The molecule has 6 nitrogen and oxygen atoms in total. The van der Waals surface area contributed by atoms with Gasteiger partial charge in [-0.2, -0.15) is 0 Å². The van der Waals surface area contributed by atoms with Crippen molar-refractivity contribution in [2.75, 3.05) is 18.4 Å². The maximum atomic E-state index is 13.9. The summed E-state index contributed by atoms with van der Waals surface area (Å²) in [6.07, 6.45) is 0.835. The molecule has 0 saturated carbocycles. The molecule has 2 N–H and O–H groups in total. The van der Waals surface area contributed by atoms with Crippen LogP contribution >= 0.6 is 15.9 Å². The molecule has 144 valence electrons. The van der Waals surface area contributed by atoms with E-state index < -0.39 is 11.7 Å². The average molecular weight is 430 g/mol. The van der Waals surface area contributed by atoms with Crippen molar-refractivity contribution < 1.29 is 18.7 Å². The summed E-state index contributed by atoms with van der Waals surface area (Å²) in [5, 5.41) is 5.58. The van der Waals surface area contributed by atoms with Crippen LogP contribution in [0.1, 0.15) is 39.2 Å². The number of amides is 3. The van der Waals surface area contributed by atoms with E-state index in [1.807, 2.05) is 20.8 Å². The summed E-state index contributed by atoms with van der Waals surface area (Å²) in [6.45, 7) is 8.06. The van der Waals surface area contributed by atoms with Gasteiger partial charge >= 0.3 is 12.1 Å². The van der Waals surface area contributed by atoms with Crippen LogP contribution in [0.5, 0.6) is 0 Å². The van der Waals surface area contributed by atoms with E-state index in [0.29, 0.717) is 41.7 Å². The van der Waals surface area contributed by atoms with Crippen LogP contribution in [-0.4, -0.2) is 41.8 Å². The molecule has 1 aromatic rings. The fraction of sp³-hybridized carbons (Fsp3) is 0.556. The van der Waals surface area contributed by atoms with Crippen LogP contribution in [0, 0.1) is 12.7 Å². The Bertz CT molecular complexity index is 683. The zero-order valence-electron chi connectivity index (χ0n) is 15.5. The smallest absolute Gasteiger partial charge is 0.407 e. The molecule has 1 heterocycles. The van der Waals surface area contributed by atoms with Gasteiger partial charge in [0, 0.05) is 30.4 Å². The van der Waals surface area contributed by atoms with Crippen molar-refractivity contribution in [3.05, 3.63) is 28.0 Å². The highest BCUT2D eigenvalue weighted by atomic mass is 79.9. The second-order valence-electron chi connectivity index (χ2n) is 7.37. The van der Waals surface area contributed by atoms with Crippen LogP contribution in [0.3, 0.4) is 0 Å². The Morgan fingerprint density at radius 1 is 1.27 bits per heavy atom. The molecule has 8 heteroatoms. The molecule has 1 aliphatic heterocycles. The molecular formula is C18H25BrFN3O3. The maximum Gasteiger partial charge on any atom is 0.407 e. The Morgan fingerprint density at radius 3 is 2.46 bits per heavy atom. The number of anilines is 1. The highest BCUT2D eigenvalue weighted by Gasteiger charge is 2.26. The number of halogens is 2. The number of benzene rings is 1. The molecule has 0 bridgehead atoms. The molecular weight excluding hydrogens is 405 g/mol. The fourth-order valence-corrected chi connectivity index (χ4v) is 3.11. The van der Waals surface area contributed by atoms with Gasteiger partial charge in [0.2, 0.25) is 0 Å². The number of rotatable bonds is 2. The van der Waals surface area contributed by atoms with Crippen molar-refractivity contribution in [1.29, 1.82) is 0 Å². The van der Waals surface area contributed by atoms with Gasteiger partial charge in [-0.15, -0.1) is 0 Å². The zero-order chi connectivity index (χ0) is 19.5. The Hall–Kier alpha value is -1.83. The largest absolute Gasteiger partial charge is 0.444 e. The number of nitrogens with zero attached hydrogens (tertiary/aromatic N) is 1. The number of urea groups is 1. The molecule has 2 rings (SSSR count). The zero-order valence-corrected chi connectivity index (χ0v) is 17.1. The number of hydrogen-bond acceptors (Lipinski definition) is 3. The molecule has 0 atom stereocenters. The lowest BCUT2D eigenvalue weighted by atomic mass is 10.1. The lowest BCUT2D eigenvalue weighted by molar-refractivity contribution is 0.0486.